The first-order valence-corrected chi connectivity index (χ1v) is 8.68. The molecule has 3 rings (SSSR count). The third kappa shape index (κ3) is 5.85. The molecular weight excluding hydrogens is 384 g/mol. The molecule has 0 aliphatic carbocycles. The van der Waals surface area contributed by atoms with E-state index in [1.54, 1.807) is 12.3 Å². The summed E-state index contributed by atoms with van der Waals surface area (Å²) in [6.45, 7) is 1.45. The van der Waals surface area contributed by atoms with Crippen LogP contribution in [0.4, 0.5) is 10.1 Å². The molecule has 0 saturated carbocycles. The quantitative estimate of drug-likeness (QED) is 0.800. The van der Waals surface area contributed by atoms with Crippen LogP contribution in [-0.2, 0) is 23.5 Å². The first-order chi connectivity index (χ1) is 11.2. The zero-order valence-corrected chi connectivity index (χ0v) is 15.9. The van der Waals surface area contributed by atoms with Crippen LogP contribution in [0.5, 0.6) is 0 Å². The van der Waals surface area contributed by atoms with Crippen molar-refractivity contribution in [3.63, 3.8) is 0 Å². The lowest BCUT2D eigenvalue weighted by molar-refractivity contribution is -0.113. The van der Waals surface area contributed by atoms with Crippen LogP contribution in [0.2, 0.25) is 0 Å². The fourth-order valence-electron chi connectivity index (χ4n) is 2.55. The van der Waals surface area contributed by atoms with Crippen LogP contribution in [0.25, 0.3) is 0 Å². The number of amides is 1. The summed E-state index contributed by atoms with van der Waals surface area (Å²) in [6.07, 6.45) is 2.38. The molecule has 0 unspecified atom stereocenters. The van der Waals surface area contributed by atoms with Gasteiger partial charge in [-0.2, -0.15) is 0 Å². The van der Waals surface area contributed by atoms with E-state index in [1.807, 2.05) is 24.3 Å². The zero-order chi connectivity index (χ0) is 16.1. The van der Waals surface area contributed by atoms with Gasteiger partial charge in [0.05, 0.1) is 17.1 Å². The van der Waals surface area contributed by atoms with E-state index < -0.39 is 0 Å². The first-order valence-electron chi connectivity index (χ1n) is 7.52. The minimum absolute atomic E-state index is 0. The van der Waals surface area contributed by atoms with Crippen molar-refractivity contribution in [3.05, 3.63) is 59.2 Å². The molecule has 1 aliphatic heterocycles. The van der Waals surface area contributed by atoms with Crippen molar-refractivity contribution in [1.82, 2.24) is 10.3 Å². The van der Waals surface area contributed by atoms with E-state index in [4.69, 9.17) is 0 Å². The Labute approximate surface area is 163 Å². The van der Waals surface area contributed by atoms with E-state index in [0.29, 0.717) is 24.3 Å². The highest BCUT2D eigenvalue weighted by Gasteiger charge is 2.17. The Morgan fingerprint density at radius 1 is 1.28 bits per heavy atom. The van der Waals surface area contributed by atoms with Crippen molar-refractivity contribution >= 4 is 48.2 Å². The molecule has 4 nitrogen and oxygen atoms in total. The molecule has 2 heterocycles. The maximum absolute atomic E-state index is 14.4. The minimum atomic E-state index is -0.299. The van der Waals surface area contributed by atoms with Gasteiger partial charge < -0.3 is 10.6 Å². The van der Waals surface area contributed by atoms with Gasteiger partial charge in [0.15, 0.2) is 0 Å². The molecule has 1 aromatic carbocycles. The highest BCUT2D eigenvalue weighted by atomic mass is 35.5. The van der Waals surface area contributed by atoms with Gasteiger partial charge in [-0.3, -0.25) is 9.78 Å². The second kappa shape index (κ2) is 10.6. The number of halogens is 3. The van der Waals surface area contributed by atoms with Gasteiger partial charge in [-0.05, 0) is 42.3 Å². The van der Waals surface area contributed by atoms with Gasteiger partial charge in [-0.15, -0.1) is 36.6 Å². The Morgan fingerprint density at radius 3 is 2.88 bits per heavy atom. The lowest BCUT2D eigenvalue weighted by Crippen LogP contribution is -2.25. The van der Waals surface area contributed by atoms with Gasteiger partial charge in [-0.25, -0.2) is 4.39 Å². The third-order valence-electron chi connectivity index (χ3n) is 3.69. The van der Waals surface area contributed by atoms with E-state index in [9.17, 15) is 9.18 Å². The molecule has 2 N–H and O–H groups in total. The molecule has 25 heavy (non-hydrogen) atoms. The lowest BCUT2D eigenvalue weighted by atomic mass is 9.99. The number of carbonyl (C=O) groups excluding carboxylic acids is 1. The Balaban J connectivity index is 0.00000156. The molecule has 0 atom stereocenters. The van der Waals surface area contributed by atoms with Crippen LogP contribution >= 0.6 is 36.6 Å². The molecule has 8 heteroatoms. The monoisotopic (exact) mass is 403 g/mol. The lowest BCUT2D eigenvalue weighted by Gasteiger charge is -2.19. The average Bonchev–Trinajstić information content (AvgIpc) is 2.59. The normalized spacial score (nSPS) is 12.4. The topological polar surface area (TPSA) is 54.0 Å². The highest BCUT2D eigenvalue weighted by Crippen LogP contribution is 2.24. The van der Waals surface area contributed by atoms with Crippen LogP contribution in [-0.4, -0.2) is 23.2 Å². The van der Waals surface area contributed by atoms with Gasteiger partial charge in [0, 0.05) is 18.5 Å². The highest BCUT2D eigenvalue weighted by molar-refractivity contribution is 7.99. The standard InChI is InChI=1S/C17H18FN3OS.2ClH/c18-17-14-6-8-19-9-12(14)4-5-15(17)21-16(22)11-23-10-13-3-1-2-7-20-13;;/h1-5,7,19H,6,8-11H2,(H,21,22);2*1H. The van der Waals surface area contributed by atoms with Crippen molar-refractivity contribution in [2.75, 3.05) is 17.6 Å². The number of carbonyl (C=O) groups is 1. The fourth-order valence-corrected chi connectivity index (χ4v) is 3.29. The van der Waals surface area contributed by atoms with Crippen molar-refractivity contribution in [1.29, 1.82) is 0 Å². The van der Waals surface area contributed by atoms with Crippen molar-refractivity contribution in [2.45, 2.75) is 18.7 Å². The smallest absolute Gasteiger partial charge is 0.234 e. The van der Waals surface area contributed by atoms with Gasteiger partial charge in [0.25, 0.3) is 0 Å². The number of hydrogen-bond donors (Lipinski definition) is 2. The number of nitrogens with zero attached hydrogens (tertiary/aromatic N) is 1. The Morgan fingerprint density at radius 2 is 2.12 bits per heavy atom. The summed E-state index contributed by atoms with van der Waals surface area (Å²) in [4.78, 5) is 16.2. The Kier molecular flexibility index (Phi) is 9.21. The largest absolute Gasteiger partial charge is 0.323 e. The maximum atomic E-state index is 14.4. The SMILES string of the molecule is Cl.Cl.O=C(CSCc1ccccn1)Nc1ccc2c(c1F)CCNC2. The summed E-state index contributed by atoms with van der Waals surface area (Å²) in [6, 6.07) is 9.21. The van der Waals surface area contributed by atoms with Crippen LogP contribution in [0, 0.1) is 5.82 Å². The number of rotatable bonds is 5. The summed E-state index contributed by atoms with van der Waals surface area (Å²) in [5.41, 5.74) is 2.88. The summed E-state index contributed by atoms with van der Waals surface area (Å²) in [5.74, 6) is 0.437. The van der Waals surface area contributed by atoms with Gasteiger partial charge >= 0.3 is 0 Å². The molecule has 1 aliphatic rings. The van der Waals surface area contributed by atoms with Crippen LogP contribution < -0.4 is 10.6 Å². The number of anilines is 1. The van der Waals surface area contributed by atoms with Crippen LogP contribution in [0.15, 0.2) is 36.5 Å². The minimum Gasteiger partial charge on any atom is -0.323 e. The maximum Gasteiger partial charge on any atom is 0.234 e. The molecular formula is C17H20Cl2FN3OS. The van der Waals surface area contributed by atoms with E-state index >= 15 is 0 Å². The van der Waals surface area contributed by atoms with Gasteiger partial charge in [-0.1, -0.05) is 12.1 Å². The van der Waals surface area contributed by atoms with Crippen molar-refractivity contribution < 1.29 is 9.18 Å². The second-order valence-electron chi connectivity index (χ2n) is 5.35. The molecule has 1 aromatic heterocycles. The van der Waals surface area contributed by atoms with E-state index in [2.05, 4.69) is 15.6 Å². The number of thioether (sulfide) groups is 1. The van der Waals surface area contributed by atoms with E-state index in [0.717, 1.165) is 17.8 Å². The van der Waals surface area contributed by atoms with Gasteiger partial charge in [0.2, 0.25) is 5.91 Å². The van der Waals surface area contributed by atoms with Gasteiger partial charge in [0.1, 0.15) is 5.82 Å². The molecule has 0 spiro atoms. The number of nitrogens with one attached hydrogen (secondary N) is 2. The number of hydrogen-bond acceptors (Lipinski definition) is 4. The Bertz CT molecular complexity index is 704. The summed E-state index contributed by atoms with van der Waals surface area (Å²) >= 11 is 1.46. The fraction of sp³-hybridized carbons (Fsp3) is 0.294. The molecule has 0 fully saturated rings. The second-order valence-corrected chi connectivity index (χ2v) is 6.34. The summed E-state index contributed by atoms with van der Waals surface area (Å²) in [5, 5.41) is 5.88. The molecule has 0 bridgehead atoms. The number of aromatic nitrogens is 1. The zero-order valence-electron chi connectivity index (χ0n) is 13.5. The Hall–Kier alpha value is -1.34. The predicted octanol–water partition coefficient (Wildman–Crippen LogP) is 3.58. The van der Waals surface area contributed by atoms with Crippen LogP contribution in [0.1, 0.15) is 16.8 Å². The number of fused-ring (bicyclic) bond motifs is 1. The van der Waals surface area contributed by atoms with E-state index in [-0.39, 0.29) is 48.0 Å². The summed E-state index contributed by atoms with van der Waals surface area (Å²) in [7, 11) is 0. The molecule has 0 saturated heterocycles. The summed E-state index contributed by atoms with van der Waals surface area (Å²) < 4.78 is 14.4. The first kappa shape index (κ1) is 21.7. The molecule has 1 amide bonds. The van der Waals surface area contributed by atoms with Crippen LogP contribution in [0.3, 0.4) is 0 Å². The molecule has 136 valence electrons. The number of benzene rings is 1. The van der Waals surface area contributed by atoms with Crippen molar-refractivity contribution in [3.8, 4) is 0 Å². The third-order valence-corrected chi connectivity index (χ3v) is 4.66. The molecule has 0 radical (unpaired) electrons. The van der Waals surface area contributed by atoms with E-state index in [1.165, 1.54) is 11.8 Å². The van der Waals surface area contributed by atoms with Crippen molar-refractivity contribution in [2.24, 2.45) is 0 Å². The number of pyridine rings is 1. The molecule has 2 aromatic rings. The predicted molar refractivity (Wildman–Crippen MR) is 105 cm³/mol. The average molecular weight is 404 g/mol.